The van der Waals surface area contributed by atoms with E-state index in [-0.39, 0.29) is 0 Å². The fourth-order valence-corrected chi connectivity index (χ4v) is 9.64. The van der Waals surface area contributed by atoms with Crippen molar-refractivity contribution in [3.63, 3.8) is 0 Å². The van der Waals surface area contributed by atoms with Crippen molar-refractivity contribution in [1.29, 1.82) is 0 Å². The fourth-order valence-electron chi connectivity index (χ4n) is 8.40. The minimum Gasteiger partial charge on any atom is -0.437 e. The molecule has 0 spiro atoms. The highest BCUT2D eigenvalue weighted by Crippen LogP contribution is 2.48. The number of para-hydroxylation sites is 1. The van der Waals surface area contributed by atoms with Crippen LogP contribution in [0.4, 0.5) is 0 Å². The van der Waals surface area contributed by atoms with Crippen molar-refractivity contribution in [2.45, 2.75) is 0 Å². The van der Waals surface area contributed by atoms with E-state index in [0.717, 1.165) is 54.8 Å². The van der Waals surface area contributed by atoms with Gasteiger partial charge in [0.15, 0.2) is 0 Å². The summed E-state index contributed by atoms with van der Waals surface area (Å²) in [6.07, 6.45) is 0. The Morgan fingerprint density at radius 1 is 0.490 bits per heavy atom. The Morgan fingerprint density at radius 2 is 1.18 bits per heavy atom. The Bertz CT molecular complexity index is 3440. The fraction of sp³-hybridized carbons (Fsp3) is 0. The second kappa shape index (κ2) is 10.0. The molecule has 0 aliphatic carbocycles. The van der Waals surface area contributed by atoms with Crippen molar-refractivity contribution in [2.24, 2.45) is 0 Å². The second-order valence-corrected chi connectivity index (χ2v) is 14.4. The molecule has 8 aromatic carbocycles. The van der Waals surface area contributed by atoms with Gasteiger partial charge >= 0.3 is 0 Å². The molecule has 0 bridgehead atoms. The number of hydrogen-bond donors (Lipinski definition) is 0. The van der Waals surface area contributed by atoms with Crippen LogP contribution in [-0.4, -0.2) is 14.5 Å². The average Bonchev–Trinajstić information content (AvgIpc) is 3.87. The number of fused-ring (bicyclic) bond motifs is 16. The third-order valence-electron chi connectivity index (χ3n) is 10.6. The van der Waals surface area contributed by atoms with E-state index in [4.69, 9.17) is 14.4 Å². The predicted molar refractivity (Wildman–Crippen MR) is 214 cm³/mol. The van der Waals surface area contributed by atoms with Gasteiger partial charge in [-0.15, -0.1) is 11.3 Å². The molecule has 12 rings (SSSR count). The maximum absolute atomic E-state index is 6.72. The molecule has 0 fully saturated rings. The molecule has 0 aliphatic rings. The number of aromatic nitrogens is 3. The molecule has 12 aromatic rings. The maximum atomic E-state index is 6.72. The van der Waals surface area contributed by atoms with E-state index in [9.17, 15) is 0 Å². The highest BCUT2D eigenvalue weighted by Gasteiger charge is 2.25. The molecular weight excluding hydrogens is 643 g/mol. The van der Waals surface area contributed by atoms with Crippen LogP contribution in [0.15, 0.2) is 156 Å². The minimum atomic E-state index is 0.577. The number of thiophene rings is 1. The van der Waals surface area contributed by atoms with E-state index in [2.05, 4.69) is 156 Å². The number of rotatable bonds is 2. The first kappa shape index (κ1) is 27.3. The molecule has 0 amide bonds. The quantitative estimate of drug-likeness (QED) is 0.184. The Labute approximate surface area is 294 Å². The summed E-state index contributed by atoms with van der Waals surface area (Å²) in [7, 11) is 0. The third-order valence-corrected chi connectivity index (χ3v) is 11.8. The lowest BCUT2D eigenvalue weighted by molar-refractivity contribution is 0.651. The SMILES string of the molecule is c1ccc2cc(-c3nc(-n4c5ccccc5c5c6ccccc6c6sc7ccccc7c6c54)nc4oc5ccc6ccccc6c5c34)ccc2c1. The van der Waals surface area contributed by atoms with Crippen molar-refractivity contribution >= 4 is 108 Å². The second-order valence-electron chi connectivity index (χ2n) is 13.3. The first-order valence-electron chi connectivity index (χ1n) is 17.2. The van der Waals surface area contributed by atoms with Gasteiger partial charge in [-0.05, 0) is 51.2 Å². The zero-order valence-corrected chi connectivity index (χ0v) is 27.9. The highest BCUT2D eigenvalue weighted by molar-refractivity contribution is 7.27. The average molecular weight is 668 g/mol. The minimum absolute atomic E-state index is 0.577. The molecule has 236 valence electrons. The molecule has 0 aliphatic heterocycles. The van der Waals surface area contributed by atoms with Gasteiger partial charge in [0.05, 0.1) is 22.1 Å². The Balaban J connectivity index is 1.31. The van der Waals surface area contributed by atoms with E-state index in [1.807, 2.05) is 11.3 Å². The molecule has 0 radical (unpaired) electrons. The molecule has 4 nitrogen and oxygen atoms in total. The van der Waals surface area contributed by atoms with Gasteiger partial charge in [-0.3, -0.25) is 4.57 Å². The summed E-state index contributed by atoms with van der Waals surface area (Å²) in [6.45, 7) is 0. The van der Waals surface area contributed by atoms with Gasteiger partial charge in [0.2, 0.25) is 11.7 Å². The normalized spacial score (nSPS) is 12.3. The molecule has 4 aromatic heterocycles. The Hall–Kier alpha value is -6.56. The highest BCUT2D eigenvalue weighted by atomic mass is 32.1. The monoisotopic (exact) mass is 667 g/mol. The van der Waals surface area contributed by atoms with Crippen LogP contribution >= 0.6 is 11.3 Å². The Kier molecular flexibility index (Phi) is 5.35. The van der Waals surface area contributed by atoms with E-state index in [1.54, 1.807) is 0 Å². The van der Waals surface area contributed by atoms with Gasteiger partial charge in [-0.2, -0.15) is 4.98 Å². The van der Waals surface area contributed by atoms with Crippen molar-refractivity contribution in [2.75, 3.05) is 0 Å². The smallest absolute Gasteiger partial charge is 0.238 e. The van der Waals surface area contributed by atoms with Gasteiger partial charge < -0.3 is 4.42 Å². The zero-order valence-electron chi connectivity index (χ0n) is 27.1. The summed E-state index contributed by atoms with van der Waals surface area (Å²) in [5.41, 5.74) is 5.44. The van der Waals surface area contributed by atoms with Crippen LogP contribution in [0.3, 0.4) is 0 Å². The summed E-state index contributed by atoms with van der Waals surface area (Å²) in [4.78, 5) is 10.9. The summed E-state index contributed by atoms with van der Waals surface area (Å²) < 4.78 is 11.5. The summed E-state index contributed by atoms with van der Waals surface area (Å²) in [6, 6.07) is 54.0. The molecule has 0 saturated heterocycles. The Morgan fingerprint density at radius 3 is 2.06 bits per heavy atom. The number of benzene rings is 8. The summed E-state index contributed by atoms with van der Waals surface area (Å²) >= 11 is 1.85. The van der Waals surface area contributed by atoms with Gasteiger partial charge in [0.1, 0.15) is 5.58 Å². The van der Waals surface area contributed by atoms with Gasteiger partial charge in [-0.25, -0.2) is 4.98 Å². The largest absolute Gasteiger partial charge is 0.437 e. The molecule has 0 saturated carbocycles. The van der Waals surface area contributed by atoms with Gasteiger partial charge in [0, 0.05) is 47.3 Å². The van der Waals surface area contributed by atoms with E-state index in [1.165, 1.54) is 47.1 Å². The molecule has 5 heteroatoms. The lowest BCUT2D eigenvalue weighted by Gasteiger charge is -2.12. The van der Waals surface area contributed by atoms with Crippen LogP contribution in [0.1, 0.15) is 0 Å². The molecule has 4 heterocycles. The van der Waals surface area contributed by atoms with E-state index >= 15 is 0 Å². The lowest BCUT2D eigenvalue weighted by Crippen LogP contribution is -2.03. The molecule has 0 atom stereocenters. The van der Waals surface area contributed by atoms with Crippen molar-refractivity contribution in [3.8, 4) is 17.2 Å². The maximum Gasteiger partial charge on any atom is 0.238 e. The first-order chi connectivity index (χ1) is 25.3. The van der Waals surface area contributed by atoms with Crippen LogP contribution in [0, 0.1) is 0 Å². The van der Waals surface area contributed by atoms with Crippen LogP contribution < -0.4 is 0 Å². The van der Waals surface area contributed by atoms with Crippen molar-refractivity contribution < 1.29 is 4.42 Å². The topological polar surface area (TPSA) is 43.9 Å². The predicted octanol–water partition coefficient (Wildman–Crippen LogP) is 13.0. The van der Waals surface area contributed by atoms with E-state index in [0.29, 0.717) is 11.7 Å². The van der Waals surface area contributed by atoms with E-state index < -0.39 is 0 Å². The summed E-state index contributed by atoms with van der Waals surface area (Å²) in [5, 5.41) is 14.0. The molecule has 0 unspecified atom stereocenters. The van der Waals surface area contributed by atoms with Gasteiger partial charge in [0.25, 0.3) is 0 Å². The molecule has 0 N–H and O–H groups in total. The molecule has 51 heavy (non-hydrogen) atoms. The first-order valence-corrected chi connectivity index (χ1v) is 18.0. The third kappa shape index (κ3) is 3.68. The summed E-state index contributed by atoms with van der Waals surface area (Å²) in [5.74, 6) is 0.590. The van der Waals surface area contributed by atoms with Crippen LogP contribution in [-0.2, 0) is 0 Å². The van der Waals surface area contributed by atoms with Crippen molar-refractivity contribution in [1.82, 2.24) is 14.5 Å². The number of hydrogen-bond acceptors (Lipinski definition) is 4. The van der Waals surface area contributed by atoms with Crippen LogP contribution in [0.25, 0.3) is 114 Å². The number of nitrogens with zero attached hydrogens (tertiary/aromatic N) is 3. The van der Waals surface area contributed by atoms with Crippen molar-refractivity contribution in [3.05, 3.63) is 152 Å². The molecular formula is C46H25N3OS. The standard InChI is InChI=1S/C46H25N3OS/c1-2-13-28-25-29(22-21-26(28)11-1)42-41-39-30-14-4-3-12-27(30)23-24-36(39)50-45(41)48-46(47-42)49-35-19-9-7-17-33(35)38-31-15-5-6-16-32(31)44-40(43(38)49)34-18-8-10-20-37(34)51-44/h1-25H. The zero-order chi connectivity index (χ0) is 33.2. The van der Waals surface area contributed by atoms with Gasteiger partial charge in [-0.1, -0.05) is 127 Å². The van der Waals surface area contributed by atoms with Crippen LogP contribution in [0.5, 0.6) is 0 Å². The van der Waals surface area contributed by atoms with Crippen LogP contribution in [0.2, 0.25) is 0 Å². The number of furan rings is 1. The lowest BCUT2D eigenvalue weighted by atomic mass is 9.99.